The van der Waals surface area contributed by atoms with Gasteiger partial charge in [-0.15, -0.1) is 0 Å². The van der Waals surface area contributed by atoms with Gasteiger partial charge in [0.2, 0.25) is 0 Å². The zero-order valence-electron chi connectivity index (χ0n) is 19.9. The molecule has 2 aliphatic rings. The number of nitrogen functional groups attached to an aromatic ring is 1. The van der Waals surface area contributed by atoms with Gasteiger partial charge in [-0.2, -0.15) is 0 Å². The van der Waals surface area contributed by atoms with Gasteiger partial charge in [-0.1, -0.05) is 12.1 Å². The number of sulfone groups is 1. The first-order valence-corrected chi connectivity index (χ1v) is 13.1. The predicted octanol–water partition coefficient (Wildman–Crippen LogP) is 2.31. The van der Waals surface area contributed by atoms with E-state index < -0.39 is 33.2 Å². The Bertz CT molecular complexity index is 1280. The fourth-order valence-electron chi connectivity index (χ4n) is 4.45. The maximum absolute atomic E-state index is 15.0. The Morgan fingerprint density at radius 2 is 1.89 bits per heavy atom. The number of ether oxygens (including phenoxy) is 1. The molecular weight excluding hydrogens is 475 g/mol. The van der Waals surface area contributed by atoms with Crippen LogP contribution in [0.3, 0.4) is 0 Å². The van der Waals surface area contributed by atoms with Gasteiger partial charge in [0, 0.05) is 36.2 Å². The lowest BCUT2D eigenvalue weighted by Gasteiger charge is -2.34. The molecule has 1 fully saturated rings. The van der Waals surface area contributed by atoms with Gasteiger partial charge >= 0.3 is 6.03 Å². The summed E-state index contributed by atoms with van der Waals surface area (Å²) in [4.78, 5) is 28.4. The first kappa shape index (κ1) is 24.9. The first-order valence-electron chi connectivity index (χ1n) is 11.3. The molecule has 0 aromatic heterocycles. The van der Waals surface area contributed by atoms with E-state index in [2.05, 4.69) is 0 Å². The fraction of sp³-hybridized carbons (Fsp3) is 0.417. The number of aryl methyl sites for hydroxylation is 1. The number of rotatable bonds is 4. The highest BCUT2D eigenvalue weighted by atomic mass is 32.2. The van der Waals surface area contributed by atoms with E-state index in [-0.39, 0.29) is 42.3 Å². The highest BCUT2D eigenvalue weighted by Gasteiger charge is 2.36. The lowest BCUT2D eigenvalue weighted by molar-refractivity contribution is 0.0953. The van der Waals surface area contributed by atoms with E-state index in [0.29, 0.717) is 17.9 Å². The van der Waals surface area contributed by atoms with Gasteiger partial charge in [0.25, 0.3) is 5.91 Å². The number of nitrogens with one attached hydrogen (secondary N) is 1. The molecule has 0 spiro atoms. The quantitative estimate of drug-likeness (QED) is 0.374. The average molecular weight is 505 g/mol. The second kappa shape index (κ2) is 9.12. The van der Waals surface area contributed by atoms with Crippen molar-refractivity contribution < 1.29 is 27.1 Å². The van der Waals surface area contributed by atoms with E-state index in [1.165, 1.54) is 21.9 Å². The number of nitrogens with two attached hydrogens (primary N) is 1. The molecule has 3 amide bonds. The second-order valence-electron chi connectivity index (χ2n) is 9.60. The van der Waals surface area contributed by atoms with Crippen LogP contribution in [0, 0.1) is 12.7 Å². The Morgan fingerprint density at radius 3 is 2.51 bits per heavy atom. The summed E-state index contributed by atoms with van der Waals surface area (Å²) < 4.78 is 45.0. The largest absolute Gasteiger partial charge is 0.485 e. The van der Waals surface area contributed by atoms with Gasteiger partial charge < -0.3 is 9.64 Å². The first-order chi connectivity index (χ1) is 16.4. The topological polar surface area (TPSA) is 122 Å². The molecule has 11 heteroatoms. The molecule has 188 valence electrons. The number of hydrazine groups is 1. The molecule has 0 bridgehead atoms. The van der Waals surface area contributed by atoms with Crippen molar-refractivity contribution in [3.8, 4) is 5.75 Å². The highest BCUT2D eigenvalue weighted by molar-refractivity contribution is 7.91. The van der Waals surface area contributed by atoms with Crippen molar-refractivity contribution in [1.82, 2.24) is 10.3 Å². The molecule has 2 aromatic carbocycles. The van der Waals surface area contributed by atoms with Crippen LogP contribution in [0.4, 0.5) is 14.9 Å². The van der Waals surface area contributed by atoms with Crippen LogP contribution in [0.5, 0.6) is 5.75 Å². The van der Waals surface area contributed by atoms with Gasteiger partial charge in [-0.25, -0.2) is 23.4 Å². The normalized spacial score (nSPS) is 17.9. The monoisotopic (exact) mass is 504 g/mol. The van der Waals surface area contributed by atoms with Gasteiger partial charge in [-0.05, 0) is 44.5 Å². The molecule has 0 radical (unpaired) electrons. The van der Waals surface area contributed by atoms with E-state index in [0.717, 1.165) is 17.2 Å². The third kappa shape index (κ3) is 5.25. The van der Waals surface area contributed by atoms with E-state index in [9.17, 15) is 18.0 Å². The van der Waals surface area contributed by atoms with Crippen LogP contribution < -0.4 is 20.9 Å². The van der Waals surface area contributed by atoms with Crippen LogP contribution in [0.1, 0.15) is 40.9 Å². The van der Waals surface area contributed by atoms with E-state index >= 15 is 4.39 Å². The minimum atomic E-state index is -3.20. The zero-order valence-corrected chi connectivity index (χ0v) is 20.7. The van der Waals surface area contributed by atoms with Gasteiger partial charge in [0.05, 0.1) is 23.7 Å². The third-order valence-corrected chi connectivity index (χ3v) is 7.81. The van der Waals surface area contributed by atoms with Crippen molar-refractivity contribution in [3.63, 3.8) is 0 Å². The summed E-state index contributed by atoms with van der Waals surface area (Å²) in [6.45, 7) is 5.78. The Labute approximate surface area is 203 Å². The van der Waals surface area contributed by atoms with Crippen LogP contribution >= 0.6 is 0 Å². The lowest BCUT2D eigenvalue weighted by Crippen LogP contribution is -2.50. The number of anilines is 1. The molecule has 1 saturated heterocycles. The number of halogens is 1. The Morgan fingerprint density at radius 1 is 1.20 bits per heavy atom. The van der Waals surface area contributed by atoms with Crippen LogP contribution in [0.15, 0.2) is 30.3 Å². The molecule has 2 aliphatic heterocycles. The summed E-state index contributed by atoms with van der Waals surface area (Å²) >= 11 is 0. The highest BCUT2D eigenvalue weighted by Crippen LogP contribution is 2.44. The molecule has 0 unspecified atom stereocenters. The van der Waals surface area contributed by atoms with Crippen molar-refractivity contribution >= 4 is 27.5 Å². The lowest BCUT2D eigenvalue weighted by atomic mass is 9.99. The van der Waals surface area contributed by atoms with Crippen molar-refractivity contribution in [1.29, 1.82) is 0 Å². The Kier molecular flexibility index (Phi) is 6.50. The number of carbonyl (C=O) groups is 2. The summed E-state index contributed by atoms with van der Waals surface area (Å²) in [5.41, 5.74) is 4.07. The van der Waals surface area contributed by atoms with E-state index in [1.807, 2.05) is 38.3 Å². The summed E-state index contributed by atoms with van der Waals surface area (Å²) in [6, 6.07) is 7.30. The maximum Gasteiger partial charge on any atom is 0.324 e. The van der Waals surface area contributed by atoms with E-state index in [4.69, 9.17) is 10.6 Å². The predicted molar refractivity (Wildman–Crippen MR) is 129 cm³/mol. The molecular formula is C24H29FN4O5S. The number of amides is 3. The molecule has 0 aliphatic carbocycles. The third-order valence-electron chi connectivity index (χ3n) is 6.20. The SMILES string of the molecule is Cc1cc2c(c(N(Cc3ccc(C(=O)NN)cc3F)C(=O)N3CCS(=O)(=O)CC3)c1)OC(C)(C)C2. The number of carbonyl (C=O) groups excluding carboxylic acids is 2. The summed E-state index contributed by atoms with van der Waals surface area (Å²) in [7, 11) is -3.20. The molecule has 35 heavy (non-hydrogen) atoms. The van der Waals surface area contributed by atoms with Crippen molar-refractivity contribution in [2.45, 2.75) is 39.3 Å². The fourth-order valence-corrected chi connectivity index (χ4v) is 5.65. The number of benzene rings is 2. The van der Waals surface area contributed by atoms with Crippen LogP contribution in [0.2, 0.25) is 0 Å². The summed E-state index contributed by atoms with van der Waals surface area (Å²) in [5, 5.41) is 0. The molecule has 9 nitrogen and oxygen atoms in total. The summed E-state index contributed by atoms with van der Waals surface area (Å²) in [6.07, 6.45) is 0.651. The van der Waals surface area contributed by atoms with Crippen molar-refractivity contribution in [2.24, 2.45) is 5.84 Å². The van der Waals surface area contributed by atoms with Crippen LogP contribution in [-0.2, 0) is 22.8 Å². The molecule has 2 aromatic rings. The van der Waals surface area contributed by atoms with Gasteiger partial charge in [0.15, 0.2) is 9.84 Å². The van der Waals surface area contributed by atoms with Crippen molar-refractivity contribution in [2.75, 3.05) is 29.5 Å². The number of hydrogen-bond acceptors (Lipinski definition) is 6. The minimum Gasteiger partial charge on any atom is -0.485 e. The second-order valence-corrected chi connectivity index (χ2v) is 11.9. The minimum absolute atomic E-state index is 0.0504. The molecule has 4 rings (SSSR count). The van der Waals surface area contributed by atoms with Crippen molar-refractivity contribution in [3.05, 3.63) is 58.4 Å². The van der Waals surface area contributed by atoms with E-state index in [1.54, 1.807) is 0 Å². The van der Waals surface area contributed by atoms with Crippen LogP contribution in [-0.4, -0.2) is 55.5 Å². The van der Waals surface area contributed by atoms with Crippen LogP contribution in [0.25, 0.3) is 0 Å². The number of hydrogen-bond donors (Lipinski definition) is 2. The molecule has 2 heterocycles. The average Bonchev–Trinajstić information content (AvgIpc) is 3.10. The Balaban J connectivity index is 1.75. The summed E-state index contributed by atoms with van der Waals surface area (Å²) in [5.74, 6) is 4.14. The number of nitrogens with zero attached hydrogens (tertiary/aromatic N) is 2. The molecule has 0 atom stereocenters. The molecule has 0 saturated carbocycles. The Hall–Kier alpha value is -3.18. The number of fused-ring (bicyclic) bond motifs is 1. The molecule has 3 N–H and O–H groups in total. The standard InChI is InChI=1S/C24H29FN4O5S/c1-15-10-18-13-24(2,3)34-21(18)20(11-15)29(23(31)28-6-8-35(32,33)9-7-28)14-17-5-4-16(12-19(17)25)22(30)27-26/h4-5,10-12H,6-9,13-14,26H2,1-3H3,(H,27,30). The smallest absolute Gasteiger partial charge is 0.324 e. The van der Waals surface area contributed by atoms with Gasteiger partial charge in [-0.3, -0.25) is 15.1 Å². The van der Waals surface area contributed by atoms with Gasteiger partial charge in [0.1, 0.15) is 17.2 Å². The number of urea groups is 1. The maximum atomic E-state index is 15.0. The zero-order chi connectivity index (χ0) is 25.5.